The van der Waals surface area contributed by atoms with Gasteiger partial charge in [0.05, 0.1) is 28.9 Å². The molecule has 0 aromatic carbocycles. The van der Waals surface area contributed by atoms with Crippen LogP contribution < -0.4 is 10.1 Å². The number of rotatable bonds is 5. The molecule has 0 radical (unpaired) electrons. The van der Waals surface area contributed by atoms with E-state index < -0.39 is 28.2 Å². The van der Waals surface area contributed by atoms with Crippen LogP contribution in [-0.2, 0) is 17.6 Å². The Balaban J connectivity index is 1.62. The fraction of sp³-hybridized carbons (Fsp3) is 0.571. The first kappa shape index (κ1) is 25.1. The van der Waals surface area contributed by atoms with E-state index in [2.05, 4.69) is 20.1 Å². The van der Waals surface area contributed by atoms with Crippen molar-refractivity contribution < 1.29 is 31.8 Å². The molecule has 0 saturated carbocycles. The van der Waals surface area contributed by atoms with Gasteiger partial charge in [-0.1, -0.05) is 11.6 Å². The third-order valence-corrected chi connectivity index (χ3v) is 8.49. The Morgan fingerprint density at radius 1 is 1.38 bits per heavy atom. The van der Waals surface area contributed by atoms with Gasteiger partial charge in [0.15, 0.2) is 0 Å². The molecule has 1 saturated heterocycles. The van der Waals surface area contributed by atoms with E-state index in [1.165, 1.54) is 6.07 Å². The maximum atomic E-state index is 13.0. The normalized spacial score (nSPS) is 22.0. The van der Waals surface area contributed by atoms with Gasteiger partial charge in [0.25, 0.3) is 0 Å². The third-order valence-electron chi connectivity index (χ3n) is 5.99. The summed E-state index contributed by atoms with van der Waals surface area (Å²) in [5, 5.41) is 7.59. The molecule has 2 aliphatic rings. The van der Waals surface area contributed by atoms with Gasteiger partial charge in [-0.15, -0.1) is 13.2 Å². The quantitative estimate of drug-likeness (QED) is 0.486. The average Bonchev–Trinajstić information content (AvgIpc) is 3.05. The van der Waals surface area contributed by atoms with Crippen LogP contribution in [0.4, 0.5) is 13.2 Å². The van der Waals surface area contributed by atoms with Gasteiger partial charge in [0, 0.05) is 35.2 Å². The lowest BCUT2D eigenvalue weighted by molar-refractivity contribution is -0.274. The molecular weight excluding hydrogens is 497 g/mol. The first-order valence-electron chi connectivity index (χ1n) is 10.7. The summed E-state index contributed by atoms with van der Waals surface area (Å²) in [6, 6.07) is 1.10. The van der Waals surface area contributed by atoms with Gasteiger partial charge in [-0.05, 0) is 39.7 Å². The molecule has 1 aliphatic carbocycles. The number of carbonyl (C=O) groups excluding carboxylic acids is 1. The van der Waals surface area contributed by atoms with Crippen LogP contribution in [0.25, 0.3) is 11.3 Å². The SMILES string of the molecule is CC(C)n1nc(-c2cc(OC(F)(F)F)cnc2Cl)c2c1CC(C(=O)NC1(C)CS(O)(O)C1)CC2. The molecule has 1 aliphatic heterocycles. The minimum atomic E-state index is -4.87. The Labute approximate surface area is 201 Å². The first-order valence-corrected chi connectivity index (χ1v) is 13.0. The highest BCUT2D eigenvalue weighted by atomic mass is 35.5. The van der Waals surface area contributed by atoms with E-state index in [-0.39, 0.29) is 40.1 Å². The number of alkyl halides is 3. The highest BCUT2D eigenvalue weighted by molar-refractivity contribution is 8.25. The number of nitrogens with one attached hydrogen (secondary N) is 1. The van der Waals surface area contributed by atoms with Crippen molar-refractivity contribution in [1.29, 1.82) is 0 Å². The lowest BCUT2D eigenvalue weighted by Crippen LogP contribution is -2.62. The van der Waals surface area contributed by atoms with E-state index in [4.69, 9.17) is 11.6 Å². The Morgan fingerprint density at radius 2 is 2.06 bits per heavy atom. The lowest BCUT2D eigenvalue weighted by Gasteiger charge is -2.54. The second kappa shape index (κ2) is 8.58. The van der Waals surface area contributed by atoms with Crippen molar-refractivity contribution in [1.82, 2.24) is 20.1 Å². The summed E-state index contributed by atoms with van der Waals surface area (Å²) in [6.45, 7) is 5.63. The second-order valence-corrected chi connectivity index (χ2v) is 12.0. The topological polar surface area (TPSA) is 110 Å². The van der Waals surface area contributed by atoms with Gasteiger partial charge >= 0.3 is 6.36 Å². The van der Waals surface area contributed by atoms with Crippen LogP contribution in [0.15, 0.2) is 12.3 Å². The van der Waals surface area contributed by atoms with Gasteiger partial charge in [-0.3, -0.25) is 18.6 Å². The number of aromatic nitrogens is 3. The molecule has 13 heteroatoms. The average molecular weight is 523 g/mol. The monoisotopic (exact) mass is 522 g/mol. The lowest BCUT2D eigenvalue weighted by atomic mass is 9.84. The van der Waals surface area contributed by atoms with Crippen molar-refractivity contribution >= 4 is 28.1 Å². The Kier molecular flexibility index (Phi) is 6.33. The van der Waals surface area contributed by atoms with E-state index in [0.29, 0.717) is 25.0 Å². The summed E-state index contributed by atoms with van der Waals surface area (Å²) in [5.41, 5.74) is 1.65. The smallest absolute Gasteiger partial charge is 0.404 e. The van der Waals surface area contributed by atoms with Crippen molar-refractivity contribution in [2.45, 2.75) is 58.0 Å². The van der Waals surface area contributed by atoms with E-state index in [1.807, 2.05) is 13.8 Å². The van der Waals surface area contributed by atoms with Crippen molar-refractivity contribution in [3.05, 3.63) is 28.7 Å². The number of hydrogen-bond donors (Lipinski definition) is 3. The summed E-state index contributed by atoms with van der Waals surface area (Å²) >= 11 is 6.23. The van der Waals surface area contributed by atoms with Crippen LogP contribution in [0.3, 0.4) is 0 Å². The summed E-state index contributed by atoms with van der Waals surface area (Å²) < 4.78 is 63.3. The maximum absolute atomic E-state index is 13.0. The molecular formula is C21H26ClF3N4O4S. The number of amides is 1. The fourth-order valence-electron chi connectivity index (χ4n) is 4.74. The minimum absolute atomic E-state index is 0.00231. The molecule has 0 bridgehead atoms. The molecule has 1 fully saturated rings. The molecule has 1 amide bonds. The van der Waals surface area contributed by atoms with Gasteiger partial charge in [0.2, 0.25) is 5.91 Å². The molecule has 3 heterocycles. The molecule has 2 aromatic rings. The Hall–Kier alpha value is -2.02. The number of hydrogen-bond acceptors (Lipinski definition) is 6. The largest absolute Gasteiger partial charge is 0.573 e. The van der Waals surface area contributed by atoms with Crippen molar-refractivity contribution in [3.63, 3.8) is 0 Å². The van der Waals surface area contributed by atoms with Gasteiger partial charge < -0.3 is 10.1 Å². The van der Waals surface area contributed by atoms with Crippen LogP contribution in [0.1, 0.15) is 44.5 Å². The van der Waals surface area contributed by atoms with Crippen molar-refractivity contribution in [3.8, 4) is 17.0 Å². The molecule has 2 aromatic heterocycles. The summed E-state index contributed by atoms with van der Waals surface area (Å²) in [7, 11) is -2.61. The van der Waals surface area contributed by atoms with Crippen LogP contribution in [0, 0.1) is 5.92 Å². The fourth-order valence-corrected chi connectivity index (χ4v) is 7.03. The highest BCUT2D eigenvalue weighted by Gasteiger charge is 2.46. The number of nitrogens with zero attached hydrogens (tertiary/aromatic N) is 3. The molecule has 34 heavy (non-hydrogen) atoms. The number of halogens is 4. The minimum Gasteiger partial charge on any atom is -0.404 e. The van der Waals surface area contributed by atoms with E-state index >= 15 is 0 Å². The zero-order valence-corrected chi connectivity index (χ0v) is 20.4. The Morgan fingerprint density at radius 3 is 2.65 bits per heavy atom. The Bertz CT molecular complexity index is 1110. The van der Waals surface area contributed by atoms with E-state index in [0.717, 1.165) is 17.5 Å². The standard InChI is InChI=1S/C21H26ClF3N4O4S/c1-11(2)29-16-6-12(19(30)27-20(3)9-34(31,32)10-20)4-5-14(16)17(28-29)15-7-13(8-26-18(15)22)33-21(23,24)25/h7-8,11-12,31-32H,4-6,9-10H2,1-3H3,(H,27,30). The summed E-state index contributed by atoms with van der Waals surface area (Å²) in [6.07, 6.45) is -2.59. The van der Waals surface area contributed by atoms with Crippen molar-refractivity contribution in [2.24, 2.45) is 5.92 Å². The number of fused-ring (bicyclic) bond motifs is 1. The predicted octanol–water partition coefficient (Wildman–Crippen LogP) is 4.82. The van der Waals surface area contributed by atoms with Gasteiger partial charge in [-0.25, -0.2) is 4.98 Å². The van der Waals surface area contributed by atoms with Gasteiger partial charge in [0.1, 0.15) is 10.9 Å². The molecule has 1 atom stereocenters. The summed E-state index contributed by atoms with van der Waals surface area (Å²) in [4.78, 5) is 16.8. The number of pyridine rings is 1. The van der Waals surface area contributed by atoms with Crippen LogP contribution in [-0.4, -0.2) is 53.2 Å². The van der Waals surface area contributed by atoms with E-state index in [9.17, 15) is 27.1 Å². The second-order valence-electron chi connectivity index (χ2n) is 9.45. The summed E-state index contributed by atoms with van der Waals surface area (Å²) in [5.74, 6) is -0.727. The van der Waals surface area contributed by atoms with Crippen LogP contribution >= 0.6 is 22.2 Å². The molecule has 0 spiro atoms. The van der Waals surface area contributed by atoms with E-state index in [1.54, 1.807) is 11.6 Å². The number of ether oxygens (including phenoxy) is 1. The van der Waals surface area contributed by atoms with Crippen molar-refractivity contribution in [2.75, 3.05) is 11.5 Å². The van der Waals surface area contributed by atoms with Crippen LogP contribution in [0.5, 0.6) is 5.75 Å². The zero-order chi connectivity index (χ0) is 25.1. The van der Waals surface area contributed by atoms with Gasteiger partial charge in [-0.2, -0.15) is 15.7 Å². The number of carbonyl (C=O) groups is 1. The molecule has 1 unspecified atom stereocenters. The maximum Gasteiger partial charge on any atom is 0.573 e. The highest BCUT2D eigenvalue weighted by Crippen LogP contribution is 2.54. The first-order chi connectivity index (χ1) is 15.7. The molecule has 4 rings (SSSR count). The van der Waals surface area contributed by atoms with Crippen LogP contribution in [0.2, 0.25) is 5.15 Å². The predicted molar refractivity (Wildman–Crippen MR) is 122 cm³/mol. The zero-order valence-electron chi connectivity index (χ0n) is 18.8. The molecule has 188 valence electrons. The molecule has 8 nitrogen and oxygen atoms in total. The third kappa shape index (κ3) is 5.14. The molecule has 3 N–H and O–H groups in total.